The van der Waals surface area contributed by atoms with Crippen LogP contribution in [0.1, 0.15) is 37.8 Å². The van der Waals surface area contributed by atoms with E-state index in [9.17, 15) is 14.4 Å². The third-order valence-corrected chi connectivity index (χ3v) is 8.89. The van der Waals surface area contributed by atoms with E-state index in [1.807, 2.05) is 74.5 Å². The Morgan fingerprint density at radius 1 is 0.676 bits per heavy atom. The molecule has 1 saturated heterocycles. The number of benzene rings is 3. The van der Waals surface area contributed by atoms with Gasteiger partial charge in [-0.3, -0.25) is 14.4 Å². The molecule has 2 fully saturated rings. The van der Waals surface area contributed by atoms with Crippen LogP contribution in [0.25, 0.3) is 11.1 Å². The molecule has 1 heterocycles. The second-order valence-corrected chi connectivity index (χ2v) is 10.1. The van der Waals surface area contributed by atoms with Crippen molar-refractivity contribution in [3.8, 4) is 5.75 Å². The van der Waals surface area contributed by atoms with Crippen molar-refractivity contribution in [3.63, 3.8) is 0 Å². The minimum absolute atomic E-state index is 0.0220. The van der Waals surface area contributed by atoms with Crippen molar-refractivity contribution in [1.29, 1.82) is 0 Å². The van der Waals surface area contributed by atoms with Crippen molar-refractivity contribution < 1.29 is 19.1 Å². The summed E-state index contributed by atoms with van der Waals surface area (Å²) in [6.45, 7) is 3.96. The van der Waals surface area contributed by atoms with Crippen LogP contribution < -0.4 is 9.64 Å². The Morgan fingerprint density at radius 3 is 1.49 bits per heavy atom. The van der Waals surface area contributed by atoms with Gasteiger partial charge in [0.05, 0.1) is 35.5 Å². The zero-order valence-corrected chi connectivity index (χ0v) is 21.2. The molecule has 3 aromatic rings. The molecule has 6 rings (SSSR count). The quantitative estimate of drug-likeness (QED) is 0.409. The van der Waals surface area contributed by atoms with Gasteiger partial charge in [-0.25, -0.2) is 4.90 Å². The molecule has 1 aliphatic heterocycles. The molecular formula is C32H29NO4. The van der Waals surface area contributed by atoms with Gasteiger partial charge in [-0.1, -0.05) is 74.5 Å². The van der Waals surface area contributed by atoms with Crippen LogP contribution in [0.2, 0.25) is 0 Å². The van der Waals surface area contributed by atoms with Crippen LogP contribution in [0.3, 0.4) is 0 Å². The molecule has 0 aromatic heterocycles. The molecule has 5 heteroatoms. The van der Waals surface area contributed by atoms with Crippen LogP contribution in [0.4, 0.5) is 5.69 Å². The lowest BCUT2D eigenvalue weighted by molar-refractivity contribution is -0.134. The Hall–Kier alpha value is -3.99. The van der Waals surface area contributed by atoms with Crippen molar-refractivity contribution in [2.75, 3.05) is 12.0 Å². The maximum absolute atomic E-state index is 14.7. The van der Waals surface area contributed by atoms with Crippen LogP contribution in [0.5, 0.6) is 5.75 Å². The second kappa shape index (κ2) is 8.27. The molecular weight excluding hydrogens is 462 g/mol. The van der Waals surface area contributed by atoms with Crippen molar-refractivity contribution in [2.45, 2.75) is 26.7 Å². The lowest BCUT2D eigenvalue weighted by Crippen LogP contribution is -2.41. The van der Waals surface area contributed by atoms with E-state index < -0.39 is 22.7 Å². The summed E-state index contributed by atoms with van der Waals surface area (Å²) in [7, 11) is 1.58. The van der Waals surface area contributed by atoms with Crippen LogP contribution in [-0.2, 0) is 14.4 Å². The SMILES string of the molecule is CCC12C(=O)C(CC)(C(c3ccccc3)=C1c1ccccc1)[C@@H]1C(=O)N(c3ccc(OC)cc3)C(=O)C12. The molecule has 4 atom stereocenters. The molecule has 5 nitrogen and oxygen atoms in total. The van der Waals surface area contributed by atoms with E-state index in [1.54, 1.807) is 31.4 Å². The summed E-state index contributed by atoms with van der Waals surface area (Å²) in [5, 5.41) is 0. The first-order valence-electron chi connectivity index (χ1n) is 12.9. The highest BCUT2D eigenvalue weighted by atomic mass is 16.5. The first-order chi connectivity index (χ1) is 18.0. The van der Waals surface area contributed by atoms with Gasteiger partial charge in [-0.05, 0) is 59.4 Å². The number of imide groups is 1. The second-order valence-electron chi connectivity index (χ2n) is 10.1. The number of anilines is 1. The summed E-state index contributed by atoms with van der Waals surface area (Å²) in [5.41, 5.74) is 2.07. The molecule has 1 saturated carbocycles. The van der Waals surface area contributed by atoms with Gasteiger partial charge >= 0.3 is 0 Å². The minimum Gasteiger partial charge on any atom is -0.497 e. The van der Waals surface area contributed by atoms with Crippen molar-refractivity contribution in [1.82, 2.24) is 0 Å². The van der Waals surface area contributed by atoms with E-state index in [0.29, 0.717) is 24.3 Å². The number of hydrogen-bond acceptors (Lipinski definition) is 4. The molecule has 0 N–H and O–H groups in total. The first-order valence-corrected chi connectivity index (χ1v) is 12.9. The zero-order chi connectivity index (χ0) is 25.9. The van der Waals surface area contributed by atoms with Gasteiger partial charge < -0.3 is 4.74 Å². The number of ether oxygens (including phenoxy) is 1. The lowest BCUT2D eigenvalue weighted by atomic mass is 9.60. The molecule has 3 aromatic carbocycles. The van der Waals surface area contributed by atoms with E-state index in [-0.39, 0.29) is 17.6 Å². The summed E-state index contributed by atoms with van der Waals surface area (Å²) in [6, 6.07) is 26.8. The number of methoxy groups -OCH3 is 1. The topological polar surface area (TPSA) is 63.7 Å². The predicted molar refractivity (Wildman–Crippen MR) is 143 cm³/mol. The van der Waals surface area contributed by atoms with Gasteiger partial charge in [0.2, 0.25) is 11.8 Å². The molecule has 186 valence electrons. The minimum atomic E-state index is -1.07. The molecule has 0 spiro atoms. The average Bonchev–Trinajstić information content (AvgIpc) is 3.45. The molecule has 2 bridgehead atoms. The molecule has 2 amide bonds. The number of rotatable bonds is 6. The third-order valence-electron chi connectivity index (χ3n) is 8.89. The fourth-order valence-corrected chi connectivity index (χ4v) is 7.44. The smallest absolute Gasteiger partial charge is 0.239 e. The highest BCUT2D eigenvalue weighted by Gasteiger charge is 2.80. The van der Waals surface area contributed by atoms with Crippen molar-refractivity contribution >= 4 is 34.4 Å². The van der Waals surface area contributed by atoms with E-state index in [4.69, 9.17) is 4.74 Å². The number of hydrogen-bond donors (Lipinski definition) is 0. The highest BCUT2D eigenvalue weighted by Crippen LogP contribution is 2.75. The zero-order valence-electron chi connectivity index (χ0n) is 21.2. The Labute approximate surface area is 216 Å². The maximum Gasteiger partial charge on any atom is 0.239 e. The lowest BCUT2D eigenvalue weighted by Gasteiger charge is -2.38. The highest BCUT2D eigenvalue weighted by molar-refractivity contribution is 6.34. The number of carbonyl (C=O) groups is 3. The molecule has 37 heavy (non-hydrogen) atoms. The van der Waals surface area contributed by atoms with Crippen LogP contribution >= 0.6 is 0 Å². The number of fused-ring (bicyclic) bond motifs is 5. The van der Waals surface area contributed by atoms with Gasteiger partial charge in [0, 0.05) is 0 Å². The van der Waals surface area contributed by atoms with Crippen LogP contribution in [0.15, 0.2) is 84.9 Å². The summed E-state index contributed by atoms with van der Waals surface area (Å²) < 4.78 is 5.27. The molecule has 2 aliphatic carbocycles. The summed E-state index contributed by atoms with van der Waals surface area (Å²) >= 11 is 0. The largest absolute Gasteiger partial charge is 0.497 e. The number of allylic oxidation sites excluding steroid dienone is 2. The van der Waals surface area contributed by atoms with Gasteiger partial charge in [-0.15, -0.1) is 0 Å². The molecule has 3 unspecified atom stereocenters. The van der Waals surface area contributed by atoms with Gasteiger partial charge in [-0.2, -0.15) is 0 Å². The van der Waals surface area contributed by atoms with Gasteiger partial charge in [0.15, 0.2) is 5.78 Å². The Balaban J connectivity index is 1.64. The Kier molecular flexibility index (Phi) is 5.23. The summed E-state index contributed by atoms with van der Waals surface area (Å²) in [6.07, 6.45) is 0.898. The van der Waals surface area contributed by atoms with Crippen LogP contribution in [0, 0.1) is 22.7 Å². The standard InChI is InChI=1S/C32H29NO4/c1-4-31-24(20-12-8-6-9-13-20)25(21-14-10-7-11-15-21)32(5-2,30(31)36)27-26(31)28(34)33(29(27)35)22-16-18-23(37-3)19-17-22/h6-19,26-27H,4-5H2,1-3H3/t26-,27?,31?,32?/m0/s1. The average molecular weight is 492 g/mol. The monoisotopic (exact) mass is 491 g/mol. The van der Waals surface area contributed by atoms with Crippen molar-refractivity contribution in [2.24, 2.45) is 22.7 Å². The van der Waals surface area contributed by atoms with E-state index >= 15 is 0 Å². The van der Waals surface area contributed by atoms with E-state index in [1.165, 1.54) is 4.90 Å². The van der Waals surface area contributed by atoms with Gasteiger partial charge in [0.25, 0.3) is 0 Å². The number of carbonyl (C=O) groups excluding carboxylic acids is 3. The maximum atomic E-state index is 14.7. The number of Topliss-reactive ketones (excluding diaryl/α,β-unsaturated/α-hetero) is 1. The first kappa shape index (κ1) is 23.4. The fourth-order valence-electron chi connectivity index (χ4n) is 7.44. The van der Waals surface area contributed by atoms with Crippen LogP contribution in [-0.4, -0.2) is 24.7 Å². The van der Waals surface area contributed by atoms with E-state index in [2.05, 4.69) is 0 Å². The number of nitrogens with zero attached hydrogens (tertiary/aromatic N) is 1. The summed E-state index contributed by atoms with van der Waals surface area (Å²) in [4.78, 5) is 44.5. The number of ketones is 1. The Bertz CT molecular complexity index is 1360. The Morgan fingerprint density at radius 2 is 1.11 bits per heavy atom. The number of amides is 2. The fraction of sp³-hybridized carbons (Fsp3) is 0.281. The summed E-state index contributed by atoms with van der Waals surface area (Å²) in [5.74, 6) is -1.37. The molecule has 0 radical (unpaired) electrons. The third kappa shape index (κ3) is 2.77. The predicted octanol–water partition coefficient (Wildman–Crippen LogP) is 5.80. The van der Waals surface area contributed by atoms with E-state index in [0.717, 1.165) is 22.3 Å². The molecule has 3 aliphatic rings. The normalized spacial score (nSPS) is 28.3. The van der Waals surface area contributed by atoms with Crippen molar-refractivity contribution in [3.05, 3.63) is 96.1 Å². The van der Waals surface area contributed by atoms with Gasteiger partial charge in [0.1, 0.15) is 5.75 Å².